The fourth-order valence-electron chi connectivity index (χ4n) is 2.67. The molecule has 0 saturated carbocycles. The molecule has 2 atom stereocenters. The van der Waals surface area contributed by atoms with Crippen LogP contribution < -0.4 is 9.47 Å². The average Bonchev–Trinajstić information content (AvgIpc) is 2.99. The van der Waals surface area contributed by atoms with E-state index in [0.717, 1.165) is 31.6 Å². The van der Waals surface area contributed by atoms with Gasteiger partial charge in [-0.05, 0) is 37.6 Å². The zero-order valence-corrected chi connectivity index (χ0v) is 13.0. The fourth-order valence-corrected chi connectivity index (χ4v) is 2.67. The maximum absolute atomic E-state index is 10.4. The number of hydrogen-bond acceptors (Lipinski definition) is 5. The Morgan fingerprint density at radius 3 is 2.71 bits per heavy atom. The van der Waals surface area contributed by atoms with E-state index in [9.17, 15) is 5.11 Å². The molecule has 1 heterocycles. The van der Waals surface area contributed by atoms with Gasteiger partial charge in [0.05, 0.1) is 26.4 Å². The van der Waals surface area contributed by atoms with Gasteiger partial charge in [-0.3, -0.25) is 0 Å². The van der Waals surface area contributed by atoms with Crippen LogP contribution in [-0.4, -0.2) is 57.1 Å². The predicted octanol–water partition coefficient (Wildman–Crippen LogP) is 1.85. The van der Waals surface area contributed by atoms with E-state index >= 15 is 0 Å². The number of aliphatic hydroxyl groups excluding tert-OH is 1. The fraction of sp³-hybridized carbons (Fsp3) is 0.625. The number of likely N-dealkylation sites (N-methyl/N-ethyl adjacent to an activating group) is 1. The van der Waals surface area contributed by atoms with E-state index in [2.05, 4.69) is 4.90 Å². The zero-order valence-electron chi connectivity index (χ0n) is 13.0. The minimum atomic E-state index is -0.559. The number of aliphatic hydroxyl groups is 1. The first-order chi connectivity index (χ1) is 10.1. The number of nitrogens with zero attached hydrogens (tertiary/aromatic N) is 1. The highest BCUT2D eigenvalue weighted by molar-refractivity contribution is 5.43. The van der Waals surface area contributed by atoms with Crippen molar-refractivity contribution in [3.05, 3.63) is 23.8 Å². The van der Waals surface area contributed by atoms with Crippen LogP contribution in [0.3, 0.4) is 0 Å². The van der Waals surface area contributed by atoms with Gasteiger partial charge < -0.3 is 24.2 Å². The van der Waals surface area contributed by atoms with Crippen molar-refractivity contribution in [2.24, 2.45) is 0 Å². The Balaban J connectivity index is 1.93. The number of methoxy groups -OCH3 is 2. The van der Waals surface area contributed by atoms with E-state index in [0.29, 0.717) is 24.1 Å². The molecule has 5 nitrogen and oxygen atoms in total. The van der Waals surface area contributed by atoms with Crippen molar-refractivity contribution in [1.29, 1.82) is 0 Å². The Kier molecular flexibility index (Phi) is 5.85. The first kappa shape index (κ1) is 16.1. The third kappa shape index (κ3) is 4.33. The van der Waals surface area contributed by atoms with Crippen molar-refractivity contribution in [2.45, 2.75) is 25.0 Å². The van der Waals surface area contributed by atoms with Crippen molar-refractivity contribution in [1.82, 2.24) is 4.90 Å². The molecule has 1 saturated heterocycles. The highest BCUT2D eigenvalue weighted by Gasteiger charge is 2.19. The van der Waals surface area contributed by atoms with Crippen LogP contribution in [0.2, 0.25) is 0 Å². The Morgan fingerprint density at radius 1 is 1.33 bits per heavy atom. The van der Waals surface area contributed by atoms with E-state index in [1.165, 1.54) is 0 Å². The van der Waals surface area contributed by atoms with E-state index in [1.54, 1.807) is 14.2 Å². The molecular weight excluding hydrogens is 270 g/mol. The highest BCUT2D eigenvalue weighted by Crippen LogP contribution is 2.30. The van der Waals surface area contributed by atoms with Crippen molar-refractivity contribution >= 4 is 0 Å². The first-order valence-electron chi connectivity index (χ1n) is 7.34. The third-order valence-corrected chi connectivity index (χ3v) is 3.82. The van der Waals surface area contributed by atoms with Crippen LogP contribution in [0.5, 0.6) is 11.5 Å². The minimum absolute atomic E-state index is 0.299. The second-order valence-electron chi connectivity index (χ2n) is 5.49. The summed E-state index contributed by atoms with van der Waals surface area (Å²) >= 11 is 0. The lowest BCUT2D eigenvalue weighted by Crippen LogP contribution is -2.32. The van der Waals surface area contributed by atoms with Gasteiger partial charge in [0.1, 0.15) is 0 Å². The molecule has 1 aromatic rings. The largest absolute Gasteiger partial charge is 0.493 e. The summed E-state index contributed by atoms with van der Waals surface area (Å²) < 4.78 is 16.1. The van der Waals surface area contributed by atoms with Gasteiger partial charge in [-0.15, -0.1) is 0 Å². The van der Waals surface area contributed by atoms with Gasteiger partial charge in [-0.25, -0.2) is 0 Å². The summed E-state index contributed by atoms with van der Waals surface area (Å²) in [5, 5.41) is 10.4. The summed E-state index contributed by atoms with van der Waals surface area (Å²) in [6.07, 6.45) is 1.98. The SMILES string of the molecule is COc1ccc(C(O)CN(C)CC2CCCO2)cc1OC. The molecule has 0 amide bonds. The minimum Gasteiger partial charge on any atom is -0.493 e. The van der Waals surface area contributed by atoms with Crippen LogP contribution in [0.25, 0.3) is 0 Å². The molecule has 2 unspecified atom stereocenters. The molecule has 1 aliphatic heterocycles. The van der Waals surface area contributed by atoms with Crippen LogP contribution in [0.15, 0.2) is 18.2 Å². The number of rotatable bonds is 7. The maximum Gasteiger partial charge on any atom is 0.161 e. The quantitative estimate of drug-likeness (QED) is 0.832. The zero-order chi connectivity index (χ0) is 15.2. The van der Waals surface area contributed by atoms with Gasteiger partial charge in [0, 0.05) is 19.7 Å². The molecule has 1 N–H and O–H groups in total. The molecule has 0 radical (unpaired) electrons. The molecule has 1 fully saturated rings. The molecule has 21 heavy (non-hydrogen) atoms. The molecule has 0 spiro atoms. The lowest BCUT2D eigenvalue weighted by molar-refractivity contribution is 0.0601. The van der Waals surface area contributed by atoms with Crippen LogP contribution in [0, 0.1) is 0 Å². The molecule has 5 heteroatoms. The first-order valence-corrected chi connectivity index (χ1v) is 7.34. The van der Waals surface area contributed by atoms with E-state index in [4.69, 9.17) is 14.2 Å². The number of ether oxygens (including phenoxy) is 3. The van der Waals surface area contributed by atoms with Crippen LogP contribution in [0.1, 0.15) is 24.5 Å². The molecule has 118 valence electrons. The summed E-state index contributed by atoms with van der Waals surface area (Å²) in [5.74, 6) is 1.30. The standard InChI is InChI=1S/C16H25NO4/c1-17(10-13-5-4-8-21-13)11-14(18)12-6-7-15(19-2)16(9-12)20-3/h6-7,9,13-14,18H,4-5,8,10-11H2,1-3H3. The Labute approximate surface area is 126 Å². The molecular formula is C16H25NO4. The highest BCUT2D eigenvalue weighted by atomic mass is 16.5. The van der Waals surface area contributed by atoms with Crippen molar-refractivity contribution in [3.8, 4) is 11.5 Å². The van der Waals surface area contributed by atoms with E-state index in [1.807, 2.05) is 25.2 Å². The molecule has 0 bridgehead atoms. The predicted molar refractivity (Wildman–Crippen MR) is 81.0 cm³/mol. The summed E-state index contributed by atoms with van der Waals surface area (Å²) in [6.45, 7) is 2.27. The normalized spacial score (nSPS) is 19.8. The van der Waals surface area contributed by atoms with Crippen LogP contribution >= 0.6 is 0 Å². The summed E-state index contributed by atoms with van der Waals surface area (Å²) in [4.78, 5) is 2.11. The summed E-state index contributed by atoms with van der Waals surface area (Å²) in [7, 11) is 5.20. The number of hydrogen-bond donors (Lipinski definition) is 1. The molecule has 0 aliphatic carbocycles. The Morgan fingerprint density at radius 2 is 2.10 bits per heavy atom. The van der Waals surface area contributed by atoms with Gasteiger partial charge in [0.15, 0.2) is 11.5 Å². The van der Waals surface area contributed by atoms with Gasteiger partial charge in [-0.2, -0.15) is 0 Å². The van der Waals surface area contributed by atoms with Gasteiger partial charge >= 0.3 is 0 Å². The van der Waals surface area contributed by atoms with Crippen molar-refractivity contribution in [2.75, 3.05) is 41.0 Å². The van der Waals surface area contributed by atoms with Crippen LogP contribution in [-0.2, 0) is 4.74 Å². The molecule has 1 aliphatic rings. The number of benzene rings is 1. The van der Waals surface area contributed by atoms with Crippen molar-refractivity contribution < 1.29 is 19.3 Å². The summed E-state index contributed by atoms with van der Waals surface area (Å²) in [6, 6.07) is 5.51. The van der Waals surface area contributed by atoms with Crippen molar-refractivity contribution in [3.63, 3.8) is 0 Å². The molecule has 2 rings (SSSR count). The topological polar surface area (TPSA) is 51.2 Å². The second kappa shape index (κ2) is 7.64. The molecule has 1 aromatic carbocycles. The van der Waals surface area contributed by atoms with Crippen LogP contribution in [0.4, 0.5) is 0 Å². The Bertz CT molecular complexity index is 446. The summed E-state index contributed by atoms with van der Waals surface area (Å²) in [5.41, 5.74) is 0.826. The monoisotopic (exact) mass is 295 g/mol. The third-order valence-electron chi connectivity index (χ3n) is 3.82. The van der Waals surface area contributed by atoms with Gasteiger partial charge in [0.25, 0.3) is 0 Å². The molecule has 0 aromatic heterocycles. The lowest BCUT2D eigenvalue weighted by Gasteiger charge is -2.23. The second-order valence-corrected chi connectivity index (χ2v) is 5.49. The maximum atomic E-state index is 10.4. The van der Waals surface area contributed by atoms with Gasteiger partial charge in [0.2, 0.25) is 0 Å². The van der Waals surface area contributed by atoms with E-state index in [-0.39, 0.29) is 0 Å². The smallest absolute Gasteiger partial charge is 0.161 e. The average molecular weight is 295 g/mol. The Hall–Kier alpha value is -1.30. The van der Waals surface area contributed by atoms with E-state index < -0.39 is 6.10 Å². The van der Waals surface area contributed by atoms with Gasteiger partial charge in [-0.1, -0.05) is 6.07 Å². The lowest BCUT2D eigenvalue weighted by atomic mass is 10.1.